The number of nitrogens with two attached hydrogens (primary N) is 1. The molecule has 1 heterocycles. The minimum Gasteiger partial charge on any atom is -0.490 e. The van der Waals surface area contributed by atoms with Gasteiger partial charge in [-0.2, -0.15) is 5.10 Å². The fraction of sp³-hybridized carbons (Fsp3) is 0.400. The number of aromatic nitrogens is 2. The third kappa shape index (κ3) is 2.30. The maximum Gasteiger partial charge on any atom is 0.128 e. The van der Waals surface area contributed by atoms with Crippen molar-refractivity contribution in [3.63, 3.8) is 0 Å². The predicted molar refractivity (Wildman–Crippen MR) is 76.1 cm³/mol. The lowest BCUT2D eigenvalue weighted by Crippen LogP contribution is -2.11. The smallest absolute Gasteiger partial charge is 0.128 e. The van der Waals surface area contributed by atoms with Gasteiger partial charge in [-0.05, 0) is 44.2 Å². The molecule has 0 bridgehead atoms. The quantitative estimate of drug-likeness (QED) is 0.886. The van der Waals surface area contributed by atoms with Crippen molar-refractivity contribution >= 4 is 5.82 Å². The molecule has 1 fully saturated rings. The summed E-state index contributed by atoms with van der Waals surface area (Å²) in [6, 6.07) is 6.12. The molecule has 3 rings (SSSR count). The Hall–Kier alpha value is -1.97. The number of anilines is 1. The van der Waals surface area contributed by atoms with Crippen LogP contribution in [0, 0.1) is 6.92 Å². The van der Waals surface area contributed by atoms with Gasteiger partial charge in [-0.1, -0.05) is 12.1 Å². The van der Waals surface area contributed by atoms with Crippen LogP contribution in [0.4, 0.5) is 5.82 Å². The highest BCUT2D eigenvalue weighted by Gasteiger charge is 2.20. The van der Waals surface area contributed by atoms with E-state index in [9.17, 15) is 0 Å². The summed E-state index contributed by atoms with van der Waals surface area (Å²) in [4.78, 5) is 0. The Bertz CT molecular complexity index is 571. The molecule has 4 nitrogen and oxygen atoms in total. The Morgan fingerprint density at radius 2 is 2.11 bits per heavy atom. The molecule has 0 saturated heterocycles. The van der Waals surface area contributed by atoms with Gasteiger partial charge in [0.25, 0.3) is 0 Å². The summed E-state index contributed by atoms with van der Waals surface area (Å²) >= 11 is 0. The average Bonchev–Trinajstić information content (AvgIpc) is 3.02. The lowest BCUT2D eigenvalue weighted by Gasteiger charge is -2.17. The van der Waals surface area contributed by atoms with Gasteiger partial charge in [-0.15, -0.1) is 0 Å². The number of hydrogen-bond acceptors (Lipinski definition) is 3. The zero-order valence-electron chi connectivity index (χ0n) is 11.1. The maximum absolute atomic E-state index is 6.17. The van der Waals surface area contributed by atoms with Crippen molar-refractivity contribution in [2.24, 2.45) is 0 Å². The van der Waals surface area contributed by atoms with Crippen LogP contribution in [-0.2, 0) is 0 Å². The van der Waals surface area contributed by atoms with Crippen LogP contribution in [0.3, 0.4) is 0 Å². The number of ether oxygens (including phenoxy) is 1. The SMILES string of the molecule is Cc1cccc(OC2CCCC2)c1-c1cn[nH]c1N. The van der Waals surface area contributed by atoms with Crippen molar-refractivity contribution in [1.82, 2.24) is 10.2 Å². The zero-order chi connectivity index (χ0) is 13.2. The molecular formula is C15H19N3O. The fourth-order valence-electron chi connectivity index (χ4n) is 2.77. The number of nitrogens with zero attached hydrogens (tertiary/aromatic N) is 1. The maximum atomic E-state index is 6.17. The van der Waals surface area contributed by atoms with Gasteiger partial charge in [0.1, 0.15) is 11.6 Å². The molecule has 0 atom stereocenters. The summed E-state index contributed by atoms with van der Waals surface area (Å²) in [5.74, 6) is 1.51. The highest BCUT2D eigenvalue weighted by Crippen LogP contribution is 2.37. The van der Waals surface area contributed by atoms with Crippen LogP contribution in [0.2, 0.25) is 0 Å². The molecule has 0 radical (unpaired) electrons. The standard InChI is InChI=1S/C15H19N3O/c1-10-5-4-8-13(19-11-6-2-3-7-11)14(10)12-9-17-18-15(12)16/h4-5,8-9,11H,2-3,6-7H2,1H3,(H3,16,17,18). The minimum absolute atomic E-state index is 0.341. The van der Waals surface area contributed by atoms with E-state index < -0.39 is 0 Å². The van der Waals surface area contributed by atoms with Crippen LogP contribution in [0.1, 0.15) is 31.2 Å². The second-order valence-corrected chi connectivity index (χ2v) is 5.17. The van der Waals surface area contributed by atoms with Crippen LogP contribution >= 0.6 is 0 Å². The molecule has 1 aliphatic carbocycles. The van der Waals surface area contributed by atoms with Crippen LogP contribution in [-0.4, -0.2) is 16.3 Å². The Morgan fingerprint density at radius 1 is 1.32 bits per heavy atom. The molecule has 100 valence electrons. The van der Waals surface area contributed by atoms with E-state index >= 15 is 0 Å². The van der Waals surface area contributed by atoms with Crippen LogP contribution < -0.4 is 10.5 Å². The molecule has 1 aromatic carbocycles. The van der Waals surface area contributed by atoms with Crippen LogP contribution in [0.5, 0.6) is 5.75 Å². The van der Waals surface area contributed by atoms with Gasteiger partial charge < -0.3 is 10.5 Å². The predicted octanol–water partition coefficient (Wildman–Crippen LogP) is 3.29. The zero-order valence-corrected chi connectivity index (χ0v) is 11.1. The van der Waals surface area contributed by atoms with E-state index in [4.69, 9.17) is 10.5 Å². The van der Waals surface area contributed by atoms with E-state index in [1.54, 1.807) is 6.20 Å². The Morgan fingerprint density at radius 3 is 2.79 bits per heavy atom. The number of benzene rings is 1. The summed E-state index contributed by atoms with van der Waals surface area (Å²) in [5.41, 5.74) is 9.08. The summed E-state index contributed by atoms with van der Waals surface area (Å²) in [6.45, 7) is 2.07. The van der Waals surface area contributed by atoms with Gasteiger partial charge in [-0.3, -0.25) is 5.10 Å². The van der Waals surface area contributed by atoms with Crippen molar-refractivity contribution in [2.75, 3.05) is 5.73 Å². The van der Waals surface area contributed by atoms with E-state index in [0.29, 0.717) is 11.9 Å². The summed E-state index contributed by atoms with van der Waals surface area (Å²) in [6.07, 6.45) is 6.93. The molecule has 1 saturated carbocycles. The number of H-pyrrole nitrogens is 1. The summed E-state index contributed by atoms with van der Waals surface area (Å²) < 4.78 is 6.17. The first-order valence-corrected chi connectivity index (χ1v) is 6.81. The van der Waals surface area contributed by atoms with E-state index in [-0.39, 0.29) is 0 Å². The lowest BCUT2D eigenvalue weighted by atomic mass is 10.0. The van der Waals surface area contributed by atoms with E-state index in [0.717, 1.165) is 35.3 Å². The van der Waals surface area contributed by atoms with Crippen LogP contribution in [0.15, 0.2) is 24.4 Å². The average molecular weight is 257 g/mol. The Kier molecular flexibility index (Phi) is 3.15. The lowest BCUT2D eigenvalue weighted by molar-refractivity contribution is 0.211. The number of aromatic amines is 1. The molecule has 1 aliphatic rings. The summed E-state index contributed by atoms with van der Waals surface area (Å²) in [5, 5.41) is 6.79. The van der Waals surface area contributed by atoms with E-state index in [2.05, 4.69) is 23.2 Å². The molecule has 1 aromatic heterocycles. The normalized spacial score (nSPS) is 15.8. The van der Waals surface area contributed by atoms with Crippen molar-refractivity contribution < 1.29 is 4.74 Å². The highest BCUT2D eigenvalue weighted by molar-refractivity contribution is 5.80. The van der Waals surface area contributed by atoms with Gasteiger partial charge >= 0.3 is 0 Å². The molecule has 0 spiro atoms. The molecular weight excluding hydrogens is 238 g/mol. The van der Waals surface area contributed by atoms with Crippen molar-refractivity contribution in [2.45, 2.75) is 38.7 Å². The number of nitrogen functional groups attached to an aromatic ring is 1. The Labute approximate surface area is 113 Å². The number of nitrogens with one attached hydrogen (secondary N) is 1. The fourth-order valence-corrected chi connectivity index (χ4v) is 2.77. The number of aryl methyl sites for hydroxylation is 1. The number of hydrogen-bond donors (Lipinski definition) is 2. The first-order valence-electron chi connectivity index (χ1n) is 6.81. The molecule has 19 heavy (non-hydrogen) atoms. The second-order valence-electron chi connectivity index (χ2n) is 5.17. The molecule has 2 aromatic rings. The van der Waals surface area contributed by atoms with E-state index in [1.807, 2.05) is 12.1 Å². The van der Waals surface area contributed by atoms with Gasteiger partial charge in [0.05, 0.1) is 12.3 Å². The third-order valence-electron chi connectivity index (χ3n) is 3.77. The molecule has 0 amide bonds. The molecule has 0 unspecified atom stereocenters. The van der Waals surface area contributed by atoms with Crippen molar-refractivity contribution in [1.29, 1.82) is 0 Å². The van der Waals surface area contributed by atoms with Gasteiger partial charge in [0.15, 0.2) is 0 Å². The van der Waals surface area contributed by atoms with Gasteiger partial charge in [-0.25, -0.2) is 0 Å². The minimum atomic E-state index is 0.341. The first kappa shape index (κ1) is 12.1. The first-order chi connectivity index (χ1) is 9.25. The largest absolute Gasteiger partial charge is 0.490 e. The van der Waals surface area contributed by atoms with Crippen molar-refractivity contribution in [3.05, 3.63) is 30.0 Å². The van der Waals surface area contributed by atoms with E-state index in [1.165, 1.54) is 12.8 Å². The van der Waals surface area contributed by atoms with Gasteiger partial charge in [0, 0.05) is 11.1 Å². The van der Waals surface area contributed by atoms with Crippen LogP contribution in [0.25, 0.3) is 11.1 Å². The topological polar surface area (TPSA) is 63.9 Å². The van der Waals surface area contributed by atoms with Crippen molar-refractivity contribution in [3.8, 4) is 16.9 Å². The monoisotopic (exact) mass is 257 g/mol. The Balaban J connectivity index is 1.99. The summed E-state index contributed by atoms with van der Waals surface area (Å²) in [7, 11) is 0. The third-order valence-corrected chi connectivity index (χ3v) is 3.77. The molecule has 3 N–H and O–H groups in total. The molecule has 4 heteroatoms. The second kappa shape index (κ2) is 4.96. The molecule has 0 aliphatic heterocycles. The number of rotatable bonds is 3. The highest BCUT2D eigenvalue weighted by atomic mass is 16.5. The van der Waals surface area contributed by atoms with Gasteiger partial charge in [0.2, 0.25) is 0 Å².